The number of phenolic OH excluding ortho intramolecular Hbond substituents is 1. The molecule has 126 valence electrons. The lowest BCUT2D eigenvalue weighted by Gasteiger charge is -2.30. The summed E-state index contributed by atoms with van der Waals surface area (Å²) in [5.41, 5.74) is 1.67. The first-order valence-electron chi connectivity index (χ1n) is 7.56. The van der Waals surface area contributed by atoms with Crippen LogP contribution in [0.5, 0.6) is 11.6 Å². The molecule has 0 saturated carbocycles. The molecule has 5 nitrogen and oxygen atoms in total. The van der Waals surface area contributed by atoms with Gasteiger partial charge in [-0.25, -0.2) is 13.8 Å². The van der Waals surface area contributed by atoms with Gasteiger partial charge in [-0.15, -0.1) is 0 Å². The lowest BCUT2D eigenvalue weighted by atomic mass is 10.00. The molecule has 3 rings (SSSR count). The van der Waals surface area contributed by atoms with Crippen LogP contribution < -0.4 is 9.64 Å². The molecule has 0 radical (unpaired) electrons. The van der Waals surface area contributed by atoms with Crippen LogP contribution in [0.3, 0.4) is 0 Å². The van der Waals surface area contributed by atoms with E-state index in [0.29, 0.717) is 12.2 Å². The lowest BCUT2D eigenvalue weighted by molar-refractivity contribution is 0.0795. The summed E-state index contributed by atoms with van der Waals surface area (Å²) in [4.78, 5) is 18.1. The average Bonchev–Trinajstić information content (AvgIpc) is 2.59. The Morgan fingerprint density at radius 3 is 3.00 bits per heavy atom. The zero-order chi connectivity index (χ0) is 17.1. The molecule has 0 aliphatic carbocycles. The van der Waals surface area contributed by atoms with Gasteiger partial charge in [0, 0.05) is 24.4 Å². The number of nitrogens with zero attached hydrogens (tertiary/aromatic N) is 2. The molecule has 1 amide bonds. The largest absolute Gasteiger partial charge is 0.506 e. The molecule has 1 aliphatic heterocycles. The van der Waals surface area contributed by atoms with Crippen LogP contribution in [0, 0.1) is 0 Å². The molecular weight excluding hydrogens is 318 g/mol. The van der Waals surface area contributed by atoms with Crippen molar-refractivity contribution in [2.24, 2.45) is 0 Å². The van der Waals surface area contributed by atoms with Crippen LogP contribution in [0.15, 0.2) is 36.5 Å². The highest BCUT2D eigenvalue weighted by molar-refractivity contribution is 6.07. The third kappa shape index (κ3) is 3.29. The molecule has 0 unspecified atom stereocenters. The Morgan fingerprint density at radius 2 is 2.21 bits per heavy atom. The van der Waals surface area contributed by atoms with Crippen molar-refractivity contribution in [1.29, 1.82) is 0 Å². The molecule has 0 fully saturated rings. The quantitative estimate of drug-likeness (QED) is 0.933. The Kier molecular flexibility index (Phi) is 4.59. The predicted octanol–water partition coefficient (Wildman–Crippen LogP) is 3.02. The van der Waals surface area contributed by atoms with Gasteiger partial charge in [-0.1, -0.05) is 12.1 Å². The lowest BCUT2D eigenvalue weighted by Crippen LogP contribution is -2.35. The summed E-state index contributed by atoms with van der Waals surface area (Å²) >= 11 is 0. The minimum absolute atomic E-state index is 0.0318. The number of benzene rings is 1. The van der Waals surface area contributed by atoms with Gasteiger partial charge in [-0.2, -0.15) is 0 Å². The van der Waals surface area contributed by atoms with Gasteiger partial charge in [-0.3, -0.25) is 4.79 Å². The zero-order valence-electron chi connectivity index (χ0n) is 12.8. The monoisotopic (exact) mass is 334 g/mol. The summed E-state index contributed by atoms with van der Waals surface area (Å²) in [6, 6.07) is 7.97. The maximum atomic E-state index is 12.8. The maximum absolute atomic E-state index is 12.8. The van der Waals surface area contributed by atoms with E-state index in [1.54, 1.807) is 6.07 Å². The van der Waals surface area contributed by atoms with E-state index in [4.69, 9.17) is 4.74 Å². The Bertz CT molecular complexity index is 752. The number of carbonyl (C=O) groups excluding carboxylic acids is 1. The number of rotatable bonds is 4. The Hall–Kier alpha value is -2.70. The fraction of sp³-hybridized carbons (Fsp3) is 0.294. The number of halogens is 2. The topological polar surface area (TPSA) is 62.7 Å². The van der Waals surface area contributed by atoms with E-state index >= 15 is 0 Å². The number of alkyl halides is 2. The summed E-state index contributed by atoms with van der Waals surface area (Å²) in [5, 5.41) is 10.1. The second-order valence-electron chi connectivity index (χ2n) is 5.43. The van der Waals surface area contributed by atoms with E-state index in [2.05, 4.69) is 4.98 Å². The van der Waals surface area contributed by atoms with Crippen molar-refractivity contribution in [2.75, 3.05) is 18.1 Å². The molecule has 0 atom stereocenters. The van der Waals surface area contributed by atoms with E-state index in [-0.39, 0.29) is 23.1 Å². The first-order chi connectivity index (χ1) is 11.6. The Balaban J connectivity index is 1.87. The van der Waals surface area contributed by atoms with Gasteiger partial charge in [0.15, 0.2) is 6.61 Å². The fourth-order valence-corrected chi connectivity index (χ4v) is 2.76. The van der Waals surface area contributed by atoms with Crippen molar-refractivity contribution >= 4 is 11.6 Å². The van der Waals surface area contributed by atoms with E-state index in [1.165, 1.54) is 29.3 Å². The number of carbonyl (C=O) groups is 1. The number of fused-ring (bicyclic) bond motifs is 1. The molecule has 1 aromatic carbocycles. The third-order valence-electron chi connectivity index (χ3n) is 3.78. The summed E-state index contributed by atoms with van der Waals surface area (Å²) in [6.07, 6.45) is 0.287. The van der Waals surface area contributed by atoms with Crippen molar-refractivity contribution in [2.45, 2.75) is 19.3 Å². The Morgan fingerprint density at radius 1 is 1.38 bits per heavy atom. The highest BCUT2D eigenvalue weighted by Gasteiger charge is 2.26. The molecule has 1 aromatic heterocycles. The Labute approximate surface area is 137 Å². The summed E-state index contributed by atoms with van der Waals surface area (Å²) in [6.45, 7) is -0.309. The molecule has 0 bridgehead atoms. The smallest absolute Gasteiger partial charge is 0.272 e. The number of amides is 1. The summed E-state index contributed by atoms with van der Waals surface area (Å²) < 4.78 is 29.3. The number of para-hydroxylation sites is 1. The second kappa shape index (κ2) is 6.82. The second-order valence-corrected chi connectivity index (χ2v) is 5.43. The third-order valence-corrected chi connectivity index (χ3v) is 3.78. The van der Waals surface area contributed by atoms with Gasteiger partial charge >= 0.3 is 0 Å². The number of hydrogen-bond acceptors (Lipinski definition) is 4. The molecule has 1 aliphatic rings. The number of phenols is 1. The molecule has 24 heavy (non-hydrogen) atoms. The van der Waals surface area contributed by atoms with Crippen LogP contribution in [0.1, 0.15) is 22.3 Å². The number of hydrogen-bond donors (Lipinski definition) is 1. The maximum Gasteiger partial charge on any atom is 0.272 e. The molecule has 2 heterocycles. The van der Waals surface area contributed by atoms with E-state index in [9.17, 15) is 18.7 Å². The summed E-state index contributed by atoms with van der Waals surface area (Å²) in [7, 11) is 0. The normalized spacial score (nSPS) is 13.7. The number of aromatic nitrogens is 1. The van der Waals surface area contributed by atoms with Crippen LogP contribution >= 0.6 is 0 Å². The predicted molar refractivity (Wildman–Crippen MR) is 83.8 cm³/mol. The SMILES string of the molecule is O=C(c1ccnc(OCC(F)F)c1)N1CCCc2cccc(O)c21. The average molecular weight is 334 g/mol. The number of ether oxygens (including phenoxy) is 1. The van der Waals surface area contributed by atoms with Crippen molar-refractivity contribution in [3.63, 3.8) is 0 Å². The minimum atomic E-state index is -2.61. The summed E-state index contributed by atoms with van der Waals surface area (Å²) in [5.74, 6) is -0.318. The first kappa shape index (κ1) is 16.2. The van der Waals surface area contributed by atoms with Crippen molar-refractivity contribution in [3.8, 4) is 11.6 Å². The van der Waals surface area contributed by atoms with Gasteiger partial charge < -0.3 is 14.7 Å². The van der Waals surface area contributed by atoms with Gasteiger partial charge in [-0.05, 0) is 30.5 Å². The van der Waals surface area contributed by atoms with Crippen molar-refractivity contribution < 1.29 is 23.4 Å². The number of aryl methyl sites for hydroxylation is 1. The minimum Gasteiger partial charge on any atom is -0.506 e. The van der Waals surface area contributed by atoms with E-state index < -0.39 is 13.0 Å². The fourth-order valence-electron chi connectivity index (χ4n) is 2.76. The molecule has 7 heteroatoms. The first-order valence-corrected chi connectivity index (χ1v) is 7.56. The van der Waals surface area contributed by atoms with Crippen LogP contribution in [-0.4, -0.2) is 35.6 Å². The van der Waals surface area contributed by atoms with Crippen LogP contribution in [0.2, 0.25) is 0 Å². The number of anilines is 1. The van der Waals surface area contributed by atoms with Gasteiger partial charge in [0.05, 0.1) is 5.69 Å². The van der Waals surface area contributed by atoms with E-state index in [1.807, 2.05) is 6.07 Å². The standard InChI is InChI=1S/C17H16F2N2O3/c18-14(19)10-24-15-9-12(6-7-20-15)17(23)21-8-2-4-11-3-1-5-13(22)16(11)21/h1,3,5-7,9,14,22H,2,4,8,10H2. The number of aromatic hydroxyl groups is 1. The molecule has 0 saturated heterocycles. The van der Waals surface area contributed by atoms with E-state index in [0.717, 1.165) is 18.4 Å². The molecule has 2 aromatic rings. The highest BCUT2D eigenvalue weighted by Crippen LogP contribution is 2.36. The zero-order valence-corrected chi connectivity index (χ0v) is 12.8. The molecular formula is C17H16F2N2O3. The molecule has 1 N–H and O–H groups in total. The van der Waals surface area contributed by atoms with Crippen LogP contribution in [0.4, 0.5) is 14.5 Å². The van der Waals surface area contributed by atoms with Gasteiger partial charge in [0.1, 0.15) is 5.75 Å². The molecule has 0 spiro atoms. The van der Waals surface area contributed by atoms with Crippen LogP contribution in [0.25, 0.3) is 0 Å². The number of pyridine rings is 1. The van der Waals surface area contributed by atoms with Gasteiger partial charge in [0.2, 0.25) is 5.88 Å². The van der Waals surface area contributed by atoms with Crippen molar-refractivity contribution in [1.82, 2.24) is 4.98 Å². The van der Waals surface area contributed by atoms with Gasteiger partial charge in [0.25, 0.3) is 12.3 Å². The van der Waals surface area contributed by atoms with Crippen molar-refractivity contribution in [3.05, 3.63) is 47.7 Å². The highest BCUT2D eigenvalue weighted by atomic mass is 19.3. The van der Waals surface area contributed by atoms with Crippen LogP contribution in [-0.2, 0) is 6.42 Å².